The third-order valence-electron chi connectivity index (χ3n) is 2.84. The lowest BCUT2D eigenvalue weighted by Crippen LogP contribution is -2.06. The molecular weight excluding hydrogens is 217 g/mol. The van der Waals surface area contributed by atoms with Crippen molar-refractivity contribution in [3.63, 3.8) is 0 Å². The van der Waals surface area contributed by atoms with E-state index in [1.165, 1.54) is 12.1 Å². The third kappa shape index (κ3) is 2.38. The molecule has 1 aliphatic rings. The van der Waals surface area contributed by atoms with Crippen molar-refractivity contribution in [1.29, 1.82) is 0 Å². The predicted molar refractivity (Wildman–Crippen MR) is 54.0 cm³/mol. The summed E-state index contributed by atoms with van der Waals surface area (Å²) in [7, 11) is 0. The highest BCUT2D eigenvalue weighted by atomic mass is 19.4. The minimum atomic E-state index is -4.26. The van der Waals surface area contributed by atoms with Crippen LogP contribution in [0, 0.1) is 0 Å². The highest BCUT2D eigenvalue weighted by Crippen LogP contribution is 2.34. The summed E-state index contributed by atoms with van der Waals surface area (Å²) in [5.74, 6) is 0. The molecule has 0 spiro atoms. The minimum Gasteiger partial charge on any atom is -0.371 e. The molecule has 1 heterocycles. The molecule has 0 radical (unpaired) electrons. The molecule has 0 aliphatic carbocycles. The fourth-order valence-electron chi connectivity index (χ4n) is 1.93. The van der Waals surface area contributed by atoms with E-state index in [0.29, 0.717) is 0 Å². The molecule has 1 aromatic carbocycles. The van der Waals surface area contributed by atoms with Crippen LogP contribution in [0.15, 0.2) is 24.3 Å². The zero-order valence-corrected chi connectivity index (χ0v) is 8.92. The van der Waals surface area contributed by atoms with Gasteiger partial charge in [-0.3, -0.25) is 0 Å². The Morgan fingerprint density at radius 1 is 1.12 bits per heavy atom. The fraction of sp³-hybridized carbons (Fsp3) is 0.500. The van der Waals surface area contributed by atoms with Crippen LogP contribution in [0.4, 0.5) is 13.2 Å². The number of halogens is 3. The van der Waals surface area contributed by atoms with Gasteiger partial charge in [-0.15, -0.1) is 0 Å². The van der Waals surface area contributed by atoms with Gasteiger partial charge in [0.05, 0.1) is 17.8 Å². The van der Waals surface area contributed by atoms with Crippen molar-refractivity contribution in [2.75, 3.05) is 0 Å². The average Bonchev–Trinajstić information content (AvgIpc) is 2.64. The highest BCUT2D eigenvalue weighted by Gasteiger charge is 2.31. The van der Waals surface area contributed by atoms with Gasteiger partial charge in [0, 0.05) is 0 Å². The number of benzene rings is 1. The molecule has 88 valence electrons. The second kappa shape index (κ2) is 4.09. The SMILES string of the molecule is C[C@@H]1CC[C@H](c2ccc(C(F)(F)F)cc2)O1. The zero-order chi connectivity index (χ0) is 11.8. The first-order valence-corrected chi connectivity index (χ1v) is 5.29. The maximum atomic E-state index is 12.3. The van der Waals surface area contributed by atoms with Crippen LogP contribution >= 0.6 is 0 Å². The van der Waals surface area contributed by atoms with Gasteiger partial charge in [-0.05, 0) is 37.5 Å². The van der Waals surface area contributed by atoms with E-state index in [9.17, 15) is 13.2 Å². The van der Waals surface area contributed by atoms with Gasteiger partial charge < -0.3 is 4.74 Å². The second-order valence-corrected chi connectivity index (χ2v) is 4.13. The molecule has 1 nitrogen and oxygen atoms in total. The van der Waals surface area contributed by atoms with Crippen LogP contribution in [-0.2, 0) is 10.9 Å². The van der Waals surface area contributed by atoms with Crippen molar-refractivity contribution in [2.45, 2.75) is 38.1 Å². The maximum absolute atomic E-state index is 12.3. The summed E-state index contributed by atoms with van der Waals surface area (Å²) >= 11 is 0. The van der Waals surface area contributed by atoms with Gasteiger partial charge in [-0.2, -0.15) is 13.2 Å². The molecule has 0 bridgehead atoms. The van der Waals surface area contributed by atoms with E-state index in [4.69, 9.17) is 4.74 Å². The fourth-order valence-corrected chi connectivity index (χ4v) is 1.93. The lowest BCUT2D eigenvalue weighted by molar-refractivity contribution is -0.137. The van der Waals surface area contributed by atoms with E-state index >= 15 is 0 Å². The molecule has 1 saturated heterocycles. The van der Waals surface area contributed by atoms with Gasteiger partial charge in [0.1, 0.15) is 0 Å². The van der Waals surface area contributed by atoms with Gasteiger partial charge in [-0.1, -0.05) is 12.1 Å². The van der Waals surface area contributed by atoms with Gasteiger partial charge in [0.15, 0.2) is 0 Å². The van der Waals surface area contributed by atoms with Crippen LogP contribution < -0.4 is 0 Å². The van der Waals surface area contributed by atoms with Crippen molar-refractivity contribution < 1.29 is 17.9 Å². The second-order valence-electron chi connectivity index (χ2n) is 4.13. The lowest BCUT2D eigenvalue weighted by Gasteiger charge is -2.13. The first kappa shape index (κ1) is 11.5. The Kier molecular flexibility index (Phi) is 2.93. The maximum Gasteiger partial charge on any atom is 0.416 e. The van der Waals surface area contributed by atoms with Gasteiger partial charge in [0.25, 0.3) is 0 Å². The number of hydrogen-bond acceptors (Lipinski definition) is 1. The van der Waals surface area contributed by atoms with Crippen LogP contribution in [0.5, 0.6) is 0 Å². The molecule has 0 unspecified atom stereocenters. The lowest BCUT2D eigenvalue weighted by atomic mass is 10.0. The molecule has 4 heteroatoms. The third-order valence-corrected chi connectivity index (χ3v) is 2.84. The van der Waals surface area contributed by atoms with Crippen molar-refractivity contribution in [1.82, 2.24) is 0 Å². The van der Waals surface area contributed by atoms with Crippen LogP contribution in [0.3, 0.4) is 0 Å². The Morgan fingerprint density at radius 2 is 1.75 bits per heavy atom. The quantitative estimate of drug-likeness (QED) is 0.709. The van der Waals surface area contributed by atoms with E-state index in [1.54, 1.807) is 0 Å². The summed E-state index contributed by atoms with van der Waals surface area (Å²) in [5, 5.41) is 0. The number of hydrogen-bond donors (Lipinski definition) is 0. The Bertz CT molecular complexity index is 356. The molecule has 0 amide bonds. The normalized spacial score (nSPS) is 26.0. The molecule has 1 aromatic rings. The van der Waals surface area contributed by atoms with Crippen molar-refractivity contribution in [3.8, 4) is 0 Å². The van der Waals surface area contributed by atoms with E-state index < -0.39 is 11.7 Å². The number of ether oxygens (including phenoxy) is 1. The molecule has 2 atom stereocenters. The summed E-state index contributed by atoms with van der Waals surface area (Å²) in [6, 6.07) is 5.24. The first-order valence-electron chi connectivity index (χ1n) is 5.29. The van der Waals surface area contributed by atoms with Crippen LogP contribution in [-0.4, -0.2) is 6.10 Å². The van der Waals surface area contributed by atoms with Gasteiger partial charge in [-0.25, -0.2) is 0 Å². The van der Waals surface area contributed by atoms with E-state index in [-0.39, 0.29) is 12.2 Å². The summed E-state index contributed by atoms with van der Waals surface area (Å²) in [5.41, 5.74) is 0.222. The van der Waals surface area contributed by atoms with Crippen LogP contribution in [0.1, 0.15) is 37.0 Å². The average molecular weight is 230 g/mol. The van der Waals surface area contributed by atoms with Crippen molar-refractivity contribution >= 4 is 0 Å². The van der Waals surface area contributed by atoms with Gasteiger partial charge in [0.2, 0.25) is 0 Å². The molecule has 1 fully saturated rings. The Labute approximate surface area is 92.2 Å². The standard InChI is InChI=1S/C12H13F3O/c1-8-2-7-11(16-8)9-3-5-10(6-4-9)12(13,14)15/h3-6,8,11H,2,7H2,1H3/t8-,11-/m1/s1. The zero-order valence-electron chi connectivity index (χ0n) is 8.92. The smallest absolute Gasteiger partial charge is 0.371 e. The van der Waals surface area contributed by atoms with E-state index in [1.807, 2.05) is 6.92 Å². The highest BCUT2D eigenvalue weighted by molar-refractivity contribution is 5.26. The predicted octanol–water partition coefficient (Wildman–Crippen LogP) is 3.95. The summed E-state index contributed by atoms with van der Waals surface area (Å²) in [6.45, 7) is 1.98. The minimum absolute atomic E-state index is 0.0442. The topological polar surface area (TPSA) is 9.23 Å². The first-order chi connectivity index (χ1) is 7.47. The molecule has 0 saturated carbocycles. The van der Waals surface area contributed by atoms with Crippen molar-refractivity contribution in [3.05, 3.63) is 35.4 Å². The van der Waals surface area contributed by atoms with Crippen LogP contribution in [0.2, 0.25) is 0 Å². The van der Waals surface area contributed by atoms with E-state index in [2.05, 4.69) is 0 Å². The molecule has 1 aliphatic heterocycles. The summed E-state index contributed by atoms with van der Waals surface area (Å²) in [6.07, 6.45) is -2.26. The largest absolute Gasteiger partial charge is 0.416 e. The molecule has 0 aromatic heterocycles. The monoisotopic (exact) mass is 230 g/mol. The van der Waals surface area contributed by atoms with Gasteiger partial charge >= 0.3 is 6.18 Å². The molecule has 0 N–H and O–H groups in total. The Hall–Kier alpha value is -1.03. The summed E-state index contributed by atoms with van der Waals surface area (Å²) < 4.78 is 42.6. The summed E-state index contributed by atoms with van der Waals surface area (Å²) in [4.78, 5) is 0. The number of rotatable bonds is 1. The number of alkyl halides is 3. The Balaban J connectivity index is 2.14. The van der Waals surface area contributed by atoms with Crippen LogP contribution in [0.25, 0.3) is 0 Å². The molecule has 16 heavy (non-hydrogen) atoms. The molecule has 2 rings (SSSR count). The molecular formula is C12H13F3O. The Morgan fingerprint density at radius 3 is 2.19 bits per heavy atom. The van der Waals surface area contributed by atoms with E-state index in [0.717, 1.165) is 30.5 Å². The van der Waals surface area contributed by atoms with Crippen molar-refractivity contribution in [2.24, 2.45) is 0 Å².